The second-order valence-electron chi connectivity index (χ2n) is 4.25. The van der Waals surface area contributed by atoms with E-state index in [-0.39, 0.29) is 24.9 Å². The maximum Gasteiger partial charge on any atom is 0.246 e. The minimum Gasteiger partial charge on any atom is -0.338 e. The summed E-state index contributed by atoms with van der Waals surface area (Å²) in [6, 6.07) is 1.62. The van der Waals surface area contributed by atoms with Gasteiger partial charge in [-0.3, -0.25) is 14.9 Å². The molecule has 0 spiro atoms. The summed E-state index contributed by atoms with van der Waals surface area (Å²) in [4.78, 5) is 32.9. The van der Waals surface area contributed by atoms with Gasteiger partial charge < -0.3 is 10.3 Å². The fourth-order valence-electron chi connectivity index (χ4n) is 1.85. The van der Waals surface area contributed by atoms with E-state index in [0.29, 0.717) is 23.9 Å². The van der Waals surface area contributed by atoms with E-state index in [1.54, 1.807) is 11.0 Å². The Morgan fingerprint density at radius 3 is 2.63 bits per heavy atom. The van der Waals surface area contributed by atoms with E-state index >= 15 is 0 Å². The van der Waals surface area contributed by atoms with Gasteiger partial charge in [-0.1, -0.05) is 6.92 Å². The van der Waals surface area contributed by atoms with Gasteiger partial charge in [0.25, 0.3) is 0 Å². The first kappa shape index (κ1) is 13.2. The number of nitrogens with one attached hydrogen (secondary N) is 2. The van der Waals surface area contributed by atoms with Gasteiger partial charge in [0.2, 0.25) is 11.8 Å². The van der Waals surface area contributed by atoms with Crippen LogP contribution in [0.3, 0.4) is 0 Å². The number of aromatic nitrogens is 2. The lowest BCUT2D eigenvalue weighted by Gasteiger charge is -2.26. The van der Waals surface area contributed by atoms with Gasteiger partial charge in [0.1, 0.15) is 17.5 Å². The molecule has 0 radical (unpaired) electrons. The lowest BCUT2D eigenvalue weighted by molar-refractivity contribution is -0.130. The van der Waals surface area contributed by atoms with E-state index < -0.39 is 0 Å². The molecule has 2 rings (SSSR count). The van der Waals surface area contributed by atoms with Gasteiger partial charge in [0, 0.05) is 12.5 Å². The van der Waals surface area contributed by atoms with Crippen molar-refractivity contribution in [1.82, 2.24) is 15.3 Å². The maximum atomic E-state index is 11.4. The molecule has 1 fully saturated rings. The molecule has 1 aliphatic rings. The third kappa shape index (κ3) is 3.16. The third-order valence-electron chi connectivity index (χ3n) is 2.65. The summed E-state index contributed by atoms with van der Waals surface area (Å²) < 4.78 is 0. The largest absolute Gasteiger partial charge is 0.338 e. The van der Waals surface area contributed by atoms with E-state index in [4.69, 9.17) is 5.84 Å². The number of piperazine rings is 1. The van der Waals surface area contributed by atoms with Crippen molar-refractivity contribution in [3.05, 3.63) is 11.9 Å². The highest BCUT2D eigenvalue weighted by Crippen LogP contribution is 2.17. The number of nitrogen functional groups attached to an aromatic ring is 1. The Kier molecular flexibility index (Phi) is 3.91. The average molecular weight is 264 g/mol. The molecule has 0 saturated carbocycles. The second kappa shape index (κ2) is 5.61. The molecule has 0 bridgehead atoms. The Morgan fingerprint density at radius 2 is 2.05 bits per heavy atom. The van der Waals surface area contributed by atoms with E-state index in [1.807, 2.05) is 6.92 Å². The van der Waals surface area contributed by atoms with E-state index in [1.165, 1.54) is 0 Å². The van der Waals surface area contributed by atoms with Crippen molar-refractivity contribution in [1.29, 1.82) is 0 Å². The Morgan fingerprint density at radius 1 is 1.37 bits per heavy atom. The standard InChI is InChI=1S/C11H16N6O2/c1-2-3-7-13-8(16-12)4-9(14-7)17-5-10(18)15-11(19)6-17/h4H,2-3,5-6,12H2,1H3,(H,13,14,16)(H,15,18,19). The lowest BCUT2D eigenvalue weighted by Crippen LogP contribution is -2.51. The van der Waals surface area contributed by atoms with Crippen molar-refractivity contribution >= 4 is 23.5 Å². The molecule has 0 unspecified atom stereocenters. The van der Waals surface area contributed by atoms with Crippen LogP contribution in [0.5, 0.6) is 0 Å². The van der Waals surface area contributed by atoms with Gasteiger partial charge in [-0.2, -0.15) is 0 Å². The molecule has 1 saturated heterocycles. The minimum absolute atomic E-state index is 0.0956. The SMILES string of the molecule is CCCc1nc(NN)cc(N2CC(=O)NC(=O)C2)n1. The van der Waals surface area contributed by atoms with E-state index in [0.717, 1.165) is 6.42 Å². The zero-order valence-electron chi connectivity index (χ0n) is 10.6. The number of hydrazine groups is 1. The maximum absolute atomic E-state index is 11.4. The van der Waals surface area contributed by atoms with E-state index in [2.05, 4.69) is 20.7 Å². The summed E-state index contributed by atoms with van der Waals surface area (Å²) in [6.45, 7) is 2.21. The van der Waals surface area contributed by atoms with Gasteiger partial charge in [0.15, 0.2) is 0 Å². The quantitative estimate of drug-likeness (QED) is 0.370. The molecule has 8 heteroatoms. The Labute approximate surface area is 110 Å². The van der Waals surface area contributed by atoms with Crippen LogP contribution in [0.15, 0.2) is 6.07 Å². The van der Waals surface area contributed by atoms with Crippen molar-refractivity contribution in [3.8, 4) is 0 Å². The van der Waals surface area contributed by atoms with Gasteiger partial charge in [-0.15, -0.1) is 0 Å². The molecule has 19 heavy (non-hydrogen) atoms. The van der Waals surface area contributed by atoms with Crippen LogP contribution in [0.4, 0.5) is 11.6 Å². The number of carbonyl (C=O) groups is 2. The number of nitrogens with zero attached hydrogens (tertiary/aromatic N) is 3. The summed E-state index contributed by atoms with van der Waals surface area (Å²) in [5.41, 5.74) is 2.46. The number of hydrogen-bond acceptors (Lipinski definition) is 7. The van der Waals surface area contributed by atoms with Crippen molar-refractivity contribution in [3.63, 3.8) is 0 Å². The lowest BCUT2D eigenvalue weighted by atomic mass is 10.3. The summed E-state index contributed by atoms with van der Waals surface area (Å²) >= 11 is 0. The van der Waals surface area contributed by atoms with Crippen LogP contribution in [0, 0.1) is 0 Å². The molecule has 0 aromatic carbocycles. The van der Waals surface area contributed by atoms with Gasteiger partial charge in [-0.05, 0) is 6.42 Å². The third-order valence-corrected chi connectivity index (χ3v) is 2.65. The number of amides is 2. The number of aryl methyl sites for hydroxylation is 1. The molecule has 0 aliphatic carbocycles. The topological polar surface area (TPSA) is 113 Å². The van der Waals surface area contributed by atoms with Gasteiger partial charge in [-0.25, -0.2) is 15.8 Å². The predicted octanol–water partition coefficient (Wildman–Crippen LogP) is -0.822. The van der Waals surface area contributed by atoms with Crippen LogP contribution in [-0.4, -0.2) is 34.9 Å². The number of nitrogens with two attached hydrogens (primary N) is 1. The molecule has 4 N–H and O–H groups in total. The van der Waals surface area contributed by atoms with Crippen LogP contribution in [0.2, 0.25) is 0 Å². The minimum atomic E-state index is -0.339. The molecule has 1 aromatic rings. The van der Waals surface area contributed by atoms with Crippen LogP contribution >= 0.6 is 0 Å². The van der Waals surface area contributed by atoms with Crippen LogP contribution in [-0.2, 0) is 16.0 Å². The predicted molar refractivity (Wildman–Crippen MR) is 69.2 cm³/mol. The monoisotopic (exact) mass is 264 g/mol. The summed E-state index contributed by atoms with van der Waals surface area (Å²) in [5.74, 6) is 6.30. The molecule has 102 valence electrons. The Hall–Kier alpha value is -2.22. The number of anilines is 2. The van der Waals surface area contributed by atoms with E-state index in [9.17, 15) is 9.59 Å². The summed E-state index contributed by atoms with van der Waals surface area (Å²) in [5, 5.41) is 2.24. The first-order valence-corrected chi connectivity index (χ1v) is 6.04. The highest BCUT2D eigenvalue weighted by atomic mass is 16.2. The average Bonchev–Trinajstić information content (AvgIpc) is 2.37. The summed E-state index contributed by atoms with van der Waals surface area (Å²) in [6.07, 6.45) is 1.60. The highest BCUT2D eigenvalue weighted by Gasteiger charge is 2.24. The molecule has 2 heterocycles. The molecular formula is C11H16N6O2. The normalized spacial score (nSPS) is 15.4. The molecular weight excluding hydrogens is 248 g/mol. The van der Waals surface area contributed by atoms with Crippen LogP contribution in [0.25, 0.3) is 0 Å². The molecule has 2 amide bonds. The zero-order chi connectivity index (χ0) is 13.8. The number of imide groups is 1. The van der Waals surface area contributed by atoms with Crippen LogP contribution < -0.4 is 21.5 Å². The first-order valence-electron chi connectivity index (χ1n) is 6.04. The van der Waals surface area contributed by atoms with Gasteiger partial charge >= 0.3 is 0 Å². The second-order valence-corrected chi connectivity index (χ2v) is 4.25. The fourth-order valence-corrected chi connectivity index (χ4v) is 1.85. The fraction of sp³-hybridized carbons (Fsp3) is 0.455. The van der Waals surface area contributed by atoms with Crippen LogP contribution in [0.1, 0.15) is 19.2 Å². The Balaban J connectivity index is 2.29. The van der Waals surface area contributed by atoms with Crippen molar-refractivity contribution in [2.45, 2.75) is 19.8 Å². The molecule has 1 aromatic heterocycles. The zero-order valence-corrected chi connectivity index (χ0v) is 10.6. The number of hydrogen-bond donors (Lipinski definition) is 3. The number of carbonyl (C=O) groups excluding carboxylic acids is 2. The number of rotatable bonds is 4. The van der Waals surface area contributed by atoms with Crippen molar-refractivity contribution in [2.24, 2.45) is 5.84 Å². The van der Waals surface area contributed by atoms with Gasteiger partial charge in [0.05, 0.1) is 13.1 Å². The van der Waals surface area contributed by atoms with Crippen molar-refractivity contribution in [2.75, 3.05) is 23.4 Å². The smallest absolute Gasteiger partial charge is 0.246 e. The molecule has 8 nitrogen and oxygen atoms in total. The highest BCUT2D eigenvalue weighted by molar-refractivity contribution is 6.02. The van der Waals surface area contributed by atoms with Crippen molar-refractivity contribution < 1.29 is 9.59 Å². The molecule has 0 atom stereocenters. The Bertz CT molecular complexity index is 488. The first-order chi connectivity index (χ1) is 9.12. The molecule has 1 aliphatic heterocycles. The summed E-state index contributed by atoms with van der Waals surface area (Å²) in [7, 11) is 0.